The SMILES string of the molecule is COc1cc2c([O-])c(C#N)c(=O)[nH]c2cn1. The van der Waals surface area contributed by atoms with Crippen molar-refractivity contribution in [3.8, 4) is 17.7 Å². The van der Waals surface area contributed by atoms with Crippen molar-refractivity contribution in [3.05, 3.63) is 28.2 Å². The van der Waals surface area contributed by atoms with Gasteiger partial charge in [0.2, 0.25) is 5.88 Å². The maximum absolute atomic E-state index is 11.7. The van der Waals surface area contributed by atoms with Gasteiger partial charge in [-0.15, -0.1) is 0 Å². The predicted octanol–water partition coefficient (Wildman–Crippen LogP) is -0.123. The summed E-state index contributed by atoms with van der Waals surface area (Å²) in [5.41, 5.74) is -0.845. The summed E-state index contributed by atoms with van der Waals surface area (Å²) in [6.07, 6.45) is 1.32. The Hall–Kier alpha value is -2.55. The van der Waals surface area contributed by atoms with Crippen molar-refractivity contribution in [2.24, 2.45) is 0 Å². The monoisotopic (exact) mass is 216 g/mol. The molecule has 1 N–H and O–H groups in total. The van der Waals surface area contributed by atoms with Crippen molar-refractivity contribution >= 4 is 10.9 Å². The minimum Gasteiger partial charge on any atom is -0.871 e. The van der Waals surface area contributed by atoms with Crippen LogP contribution in [0.4, 0.5) is 0 Å². The summed E-state index contributed by atoms with van der Waals surface area (Å²) in [6.45, 7) is 0. The summed E-state index contributed by atoms with van der Waals surface area (Å²) in [5, 5.41) is 20.6. The van der Waals surface area contributed by atoms with E-state index in [1.54, 1.807) is 6.07 Å². The Morgan fingerprint density at radius 1 is 1.62 bits per heavy atom. The molecule has 80 valence electrons. The number of hydrogen-bond donors (Lipinski definition) is 1. The van der Waals surface area contributed by atoms with Crippen LogP contribution in [0, 0.1) is 11.3 Å². The second-order valence-corrected chi connectivity index (χ2v) is 3.04. The normalized spacial score (nSPS) is 10.0. The van der Waals surface area contributed by atoms with Gasteiger partial charge < -0.3 is 14.8 Å². The molecule has 0 saturated heterocycles. The highest BCUT2D eigenvalue weighted by Gasteiger charge is 2.06. The average Bonchev–Trinajstić information content (AvgIpc) is 2.29. The van der Waals surface area contributed by atoms with Gasteiger partial charge in [0.25, 0.3) is 5.56 Å². The van der Waals surface area contributed by atoms with Gasteiger partial charge in [0.15, 0.2) is 0 Å². The minimum atomic E-state index is -0.702. The molecule has 0 fully saturated rings. The minimum absolute atomic E-state index is 0.211. The average molecular weight is 216 g/mol. The van der Waals surface area contributed by atoms with Crippen LogP contribution in [0.25, 0.3) is 10.9 Å². The van der Waals surface area contributed by atoms with Crippen molar-refractivity contribution in [2.75, 3.05) is 7.11 Å². The van der Waals surface area contributed by atoms with Gasteiger partial charge in [0.1, 0.15) is 11.6 Å². The molecule has 0 aliphatic rings. The molecule has 2 aromatic rings. The highest BCUT2D eigenvalue weighted by Crippen LogP contribution is 2.23. The van der Waals surface area contributed by atoms with Gasteiger partial charge in [-0.2, -0.15) is 5.26 Å². The topological polar surface area (TPSA) is 102 Å². The maximum atomic E-state index is 11.7. The molecule has 0 spiro atoms. The van der Waals surface area contributed by atoms with Crippen molar-refractivity contribution in [2.45, 2.75) is 0 Å². The molecule has 6 nitrogen and oxygen atoms in total. The van der Waals surface area contributed by atoms with E-state index >= 15 is 0 Å². The lowest BCUT2D eigenvalue weighted by atomic mass is 10.2. The Labute approximate surface area is 89.7 Å². The number of aromatic amines is 1. The molecule has 6 heteroatoms. The number of methoxy groups -OCH3 is 1. The van der Waals surface area contributed by atoms with Crippen molar-refractivity contribution in [1.82, 2.24) is 9.97 Å². The molecule has 0 amide bonds. The molecule has 2 rings (SSSR count). The van der Waals surface area contributed by atoms with E-state index in [-0.39, 0.29) is 16.8 Å². The van der Waals surface area contributed by atoms with Crippen LogP contribution in [-0.4, -0.2) is 17.1 Å². The number of nitrogens with zero attached hydrogens (tertiary/aromatic N) is 2. The fourth-order valence-corrected chi connectivity index (χ4v) is 1.36. The summed E-state index contributed by atoms with van der Waals surface area (Å²) in [7, 11) is 1.41. The highest BCUT2D eigenvalue weighted by atomic mass is 16.5. The first-order valence-electron chi connectivity index (χ1n) is 4.34. The summed E-state index contributed by atoms with van der Waals surface area (Å²) in [4.78, 5) is 17.6. The fourth-order valence-electron chi connectivity index (χ4n) is 1.36. The van der Waals surface area contributed by atoms with Gasteiger partial charge >= 0.3 is 0 Å². The number of pyridine rings is 2. The highest BCUT2D eigenvalue weighted by molar-refractivity contribution is 5.86. The van der Waals surface area contributed by atoms with Gasteiger partial charge in [-0.25, -0.2) is 4.98 Å². The van der Waals surface area contributed by atoms with E-state index in [0.717, 1.165) is 0 Å². The van der Waals surface area contributed by atoms with Crippen molar-refractivity contribution in [1.29, 1.82) is 5.26 Å². The molecule has 2 aromatic heterocycles. The third-order valence-corrected chi connectivity index (χ3v) is 2.15. The van der Waals surface area contributed by atoms with Crippen LogP contribution in [0.1, 0.15) is 5.56 Å². The third-order valence-electron chi connectivity index (χ3n) is 2.15. The molecule has 0 radical (unpaired) electrons. The van der Waals surface area contributed by atoms with E-state index in [1.807, 2.05) is 0 Å². The molecule has 0 saturated carbocycles. The van der Waals surface area contributed by atoms with E-state index in [4.69, 9.17) is 10.00 Å². The molecule has 0 bridgehead atoms. The van der Waals surface area contributed by atoms with Gasteiger partial charge in [-0.1, -0.05) is 5.75 Å². The maximum Gasteiger partial charge on any atom is 0.265 e. The van der Waals surface area contributed by atoms with Crippen LogP contribution in [0.3, 0.4) is 0 Å². The van der Waals surface area contributed by atoms with Crippen molar-refractivity contribution < 1.29 is 9.84 Å². The van der Waals surface area contributed by atoms with Crippen LogP contribution < -0.4 is 15.4 Å². The molecule has 16 heavy (non-hydrogen) atoms. The summed E-state index contributed by atoms with van der Waals surface area (Å²) < 4.78 is 4.86. The van der Waals surface area contributed by atoms with Gasteiger partial charge in [-0.3, -0.25) is 4.79 Å². The number of rotatable bonds is 1. The van der Waals surface area contributed by atoms with E-state index < -0.39 is 16.9 Å². The van der Waals surface area contributed by atoms with Gasteiger partial charge in [0, 0.05) is 6.07 Å². The summed E-state index contributed by atoms with van der Waals surface area (Å²) in [5.74, 6) is -0.359. The van der Waals surface area contributed by atoms with Gasteiger partial charge in [0.05, 0.1) is 18.8 Å². The molecular formula is C10H6N3O3-. The Balaban J connectivity index is 2.90. The number of nitriles is 1. The van der Waals surface area contributed by atoms with Crippen LogP contribution in [0.2, 0.25) is 0 Å². The Morgan fingerprint density at radius 2 is 2.38 bits per heavy atom. The lowest BCUT2D eigenvalue weighted by molar-refractivity contribution is -0.266. The largest absolute Gasteiger partial charge is 0.871 e. The lowest BCUT2D eigenvalue weighted by Crippen LogP contribution is -2.14. The first-order chi connectivity index (χ1) is 7.67. The summed E-state index contributed by atoms with van der Waals surface area (Å²) >= 11 is 0. The Bertz CT molecular complexity index is 655. The molecule has 0 aromatic carbocycles. The first kappa shape index (κ1) is 9.98. The van der Waals surface area contributed by atoms with Crippen molar-refractivity contribution in [3.63, 3.8) is 0 Å². The molecule has 0 atom stereocenters. The number of aromatic nitrogens is 2. The van der Waals surface area contributed by atoms with Crippen LogP contribution in [0.5, 0.6) is 11.6 Å². The number of hydrogen-bond acceptors (Lipinski definition) is 5. The molecule has 2 heterocycles. The summed E-state index contributed by atoms with van der Waals surface area (Å²) in [6, 6.07) is 2.96. The van der Waals surface area contributed by atoms with E-state index in [9.17, 15) is 9.90 Å². The number of nitrogens with one attached hydrogen (secondary N) is 1. The van der Waals surface area contributed by atoms with E-state index in [1.165, 1.54) is 19.4 Å². The number of H-pyrrole nitrogens is 1. The molecule has 0 aliphatic heterocycles. The zero-order valence-electron chi connectivity index (χ0n) is 8.27. The van der Waals surface area contributed by atoms with Crippen LogP contribution in [-0.2, 0) is 0 Å². The predicted molar refractivity (Wildman–Crippen MR) is 53.1 cm³/mol. The van der Waals surface area contributed by atoms with E-state index in [0.29, 0.717) is 0 Å². The second-order valence-electron chi connectivity index (χ2n) is 3.04. The zero-order valence-corrected chi connectivity index (χ0v) is 8.27. The quantitative estimate of drug-likeness (QED) is 0.715. The zero-order chi connectivity index (χ0) is 11.7. The lowest BCUT2D eigenvalue weighted by Gasteiger charge is -2.11. The fraction of sp³-hybridized carbons (Fsp3) is 0.100. The second kappa shape index (κ2) is 3.55. The Kier molecular flexibility index (Phi) is 2.21. The third kappa shape index (κ3) is 1.35. The molecule has 0 unspecified atom stereocenters. The molecular weight excluding hydrogens is 210 g/mol. The van der Waals surface area contributed by atoms with E-state index in [2.05, 4.69) is 9.97 Å². The first-order valence-corrected chi connectivity index (χ1v) is 4.34. The smallest absolute Gasteiger partial charge is 0.265 e. The number of ether oxygens (including phenoxy) is 1. The molecule has 0 aliphatic carbocycles. The Morgan fingerprint density at radius 3 is 3.00 bits per heavy atom. The standard InChI is InChI=1S/C10H7N3O3/c1-16-8-2-5-7(4-12-8)13-10(15)6(3-11)9(5)14/h2,4H,1H3,(H2,13,14,15)/p-1. The van der Waals surface area contributed by atoms with Crippen LogP contribution >= 0.6 is 0 Å². The van der Waals surface area contributed by atoms with Gasteiger partial charge in [-0.05, 0) is 5.39 Å². The van der Waals surface area contributed by atoms with Crippen LogP contribution in [0.15, 0.2) is 17.1 Å². The number of fused-ring (bicyclic) bond motifs is 1.